The highest BCUT2D eigenvalue weighted by Gasteiger charge is 2.27. The molecule has 0 aliphatic heterocycles. The number of aryl methyl sites for hydroxylation is 2. The van der Waals surface area contributed by atoms with Gasteiger partial charge in [-0.05, 0) is 44.5 Å². The largest absolute Gasteiger partial charge is 0.510 e. The van der Waals surface area contributed by atoms with Gasteiger partial charge in [-0.2, -0.15) is 0 Å². The quantitative estimate of drug-likeness (QED) is 0.871. The molecule has 23 heavy (non-hydrogen) atoms. The summed E-state index contributed by atoms with van der Waals surface area (Å²) in [4.78, 5) is 14.3. The summed E-state index contributed by atoms with van der Waals surface area (Å²) in [6.45, 7) is 4.06. The number of allylic oxidation sites excluding steroid dienone is 2. The monoisotopic (exact) mass is 307 g/mol. The van der Waals surface area contributed by atoms with Crippen molar-refractivity contribution < 1.29 is 9.90 Å². The lowest BCUT2D eigenvalue weighted by Gasteiger charge is -2.30. The van der Waals surface area contributed by atoms with Crippen LogP contribution in [0.2, 0.25) is 0 Å². The second kappa shape index (κ2) is 6.29. The predicted molar refractivity (Wildman–Crippen MR) is 93.0 cm³/mol. The Morgan fingerprint density at radius 3 is 1.74 bits per heavy atom. The first-order chi connectivity index (χ1) is 11.1. The van der Waals surface area contributed by atoms with Crippen molar-refractivity contribution in [3.05, 3.63) is 71.1 Å². The summed E-state index contributed by atoms with van der Waals surface area (Å²) in [5.41, 5.74) is 4.49. The maximum Gasteiger partial charge on any atom is 0.183 e. The van der Waals surface area contributed by atoms with Crippen molar-refractivity contribution in [2.45, 2.75) is 33.1 Å². The van der Waals surface area contributed by atoms with E-state index in [0.29, 0.717) is 25.0 Å². The number of hydrogen-bond donors (Lipinski definition) is 1. The lowest BCUT2D eigenvalue weighted by atomic mass is 9.99. The SMILES string of the molecule is Cc1ccc(N(C2=C(O)CCCC2=O)c2ccc(C)cc2)cc1. The Morgan fingerprint density at radius 1 is 0.826 bits per heavy atom. The second-order valence-electron chi connectivity index (χ2n) is 6.08. The molecule has 0 saturated carbocycles. The molecule has 0 heterocycles. The summed E-state index contributed by atoms with van der Waals surface area (Å²) in [6, 6.07) is 16.0. The molecule has 3 rings (SSSR count). The lowest BCUT2D eigenvalue weighted by Crippen LogP contribution is -2.27. The van der Waals surface area contributed by atoms with E-state index in [-0.39, 0.29) is 11.5 Å². The van der Waals surface area contributed by atoms with E-state index in [1.165, 1.54) is 0 Å². The van der Waals surface area contributed by atoms with Gasteiger partial charge in [-0.3, -0.25) is 4.79 Å². The van der Waals surface area contributed by atoms with E-state index >= 15 is 0 Å². The van der Waals surface area contributed by atoms with Crippen molar-refractivity contribution in [2.24, 2.45) is 0 Å². The van der Waals surface area contributed by atoms with E-state index in [1.807, 2.05) is 67.3 Å². The van der Waals surface area contributed by atoms with Crippen LogP contribution >= 0.6 is 0 Å². The standard InChI is InChI=1S/C20H21NO2/c1-14-6-10-16(11-7-14)21(17-12-8-15(2)9-13-17)20-18(22)4-3-5-19(20)23/h6-13,22H,3-5H2,1-2H3. The zero-order valence-corrected chi connectivity index (χ0v) is 13.5. The van der Waals surface area contributed by atoms with Gasteiger partial charge in [-0.1, -0.05) is 35.4 Å². The van der Waals surface area contributed by atoms with Gasteiger partial charge in [0.2, 0.25) is 0 Å². The topological polar surface area (TPSA) is 40.5 Å². The molecule has 0 atom stereocenters. The van der Waals surface area contributed by atoms with Crippen LogP contribution in [-0.4, -0.2) is 10.9 Å². The Kier molecular flexibility index (Phi) is 4.20. The minimum Gasteiger partial charge on any atom is -0.510 e. The molecule has 1 aliphatic carbocycles. The number of benzene rings is 2. The molecule has 0 spiro atoms. The Bertz CT molecular complexity index is 697. The summed E-state index contributed by atoms with van der Waals surface area (Å²) in [7, 11) is 0. The third-order valence-corrected chi connectivity index (χ3v) is 4.16. The minimum atomic E-state index is -0.00472. The van der Waals surface area contributed by atoms with Gasteiger partial charge in [-0.15, -0.1) is 0 Å². The van der Waals surface area contributed by atoms with E-state index in [1.54, 1.807) is 0 Å². The smallest absolute Gasteiger partial charge is 0.183 e. The van der Waals surface area contributed by atoms with Crippen LogP contribution in [0, 0.1) is 13.8 Å². The Balaban J connectivity index is 2.15. The van der Waals surface area contributed by atoms with Crippen LogP contribution in [-0.2, 0) is 4.79 Å². The average molecular weight is 307 g/mol. The second-order valence-corrected chi connectivity index (χ2v) is 6.08. The Morgan fingerprint density at radius 2 is 1.30 bits per heavy atom. The van der Waals surface area contributed by atoms with Crippen molar-refractivity contribution in [1.29, 1.82) is 0 Å². The number of Topliss-reactive ketones (excluding diaryl/α,β-unsaturated/α-hetero) is 1. The van der Waals surface area contributed by atoms with E-state index in [0.717, 1.165) is 22.5 Å². The van der Waals surface area contributed by atoms with E-state index in [2.05, 4.69) is 0 Å². The van der Waals surface area contributed by atoms with Crippen molar-refractivity contribution in [3.63, 3.8) is 0 Å². The number of anilines is 2. The van der Waals surface area contributed by atoms with Gasteiger partial charge in [0.05, 0.1) is 0 Å². The molecule has 0 radical (unpaired) electrons. The minimum absolute atomic E-state index is 0.00472. The molecule has 1 N–H and O–H groups in total. The van der Waals surface area contributed by atoms with E-state index in [9.17, 15) is 9.90 Å². The third kappa shape index (κ3) is 3.14. The Labute approximate surface area is 136 Å². The Hall–Kier alpha value is -2.55. The fourth-order valence-corrected chi connectivity index (χ4v) is 2.86. The van der Waals surface area contributed by atoms with Crippen molar-refractivity contribution in [3.8, 4) is 0 Å². The number of nitrogens with zero attached hydrogens (tertiary/aromatic N) is 1. The molecular weight excluding hydrogens is 286 g/mol. The number of carbonyl (C=O) groups is 1. The first kappa shape index (κ1) is 15.3. The van der Waals surface area contributed by atoms with Gasteiger partial charge in [0.25, 0.3) is 0 Å². The van der Waals surface area contributed by atoms with Crippen molar-refractivity contribution >= 4 is 17.2 Å². The van der Waals surface area contributed by atoms with Crippen molar-refractivity contribution in [1.82, 2.24) is 0 Å². The molecule has 0 fully saturated rings. The summed E-state index contributed by atoms with van der Waals surface area (Å²) in [5.74, 6) is 0.178. The molecule has 2 aromatic rings. The van der Waals surface area contributed by atoms with Gasteiger partial charge in [-0.25, -0.2) is 0 Å². The normalized spacial score (nSPS) is 15.0. The van der Waals surface area contributed by atoms with Crippen LogP contribution in [0.4, 0.5) is 11.4 Å². The molecule has 3 nitrogen and oxygen atoms in total. The molecule has 0 unspecified atom stereocenters. The molecule has 0 aromatic heterocycles. The average Bonchev–Trinajstić information content (AvgIpc) is 2.53. The summed E-state index contributed by atoms with van der Waals surface area (Å²) < 4.78 is 0. The number of ketones is 1. The van der Waals surface area contributed by atoms with Gasteiger partial charge >= 0.3 is 0 Å². The van der Waals surface area contributed by atoms with Crippen LogP contribution in [0.1, 0.15) is 30.4 Å². The fourth-order valence-electron chi connectivity index (χ4n) is 2.86. The van der Waals surface area contributed by atoms with Gasteiger partial charge in [0.1, 0.15) is 11.5 Å². The zero-order chi connectivity index (χ0) is 16.4. The van der Waals surface area contributed by atoms with Crippen molar-refractivity contribution in [2.75, 3.05) is 4.90 Å². The maximum absolute atomic E-state index is 12.5. The maximum atomic E-state index is 12.5. The van der Waals surface area contributed by atoms with Crippen LogP contribution in [0.3, 0.4) is 0 Å². The first-order valence-corrected chi connectivity index (χ1v) is 7.95. The molecular formula is C20H21NO2. The number of aliphatic hydroxyl groups is 1. The summed E-state index contributed by atoms with van der Waals surface area (Å²) in [6.07, 6.45) is 1.74. The highest BCUT2D eigenvalue weighted by molar-refractivity contribution is 6.02. The summed E-state index contributed by atoms with van der Waals surface area (Å²) in [5, 5.41) is 10.4. The van der Waals surface area contributed by atoms with Crippen LogP contribution in [0.25, 0.3) is 0 Å². The molecule has 118 valence electrons. The van der Waals surface area contributed by atoms with Gasteiger partial charge < -0.3 is 10.0 Å². The lowest BCUT2D eigenvalue weighted by molar-refractivity contribution is -0.116. The number of carbonyl (C=O) groups excluding carboxylic acids is 1. The summed E-state index contributed by atoms with van der Waals surface area (Å²) >= 11 is 0. The van der Waals surface area contributed by atoms with Gasteiger partial charge in [0, 0.05) is 24.2 Å². The van der Waals surface area contributed by atoms with Crippen LogP contribution in [0.5, 0.6) is 0 Å². The molecule has 0 saturated heterocycles. The molecule has 3 heteroatoms. The molecule has 2 aromatic carbocycles. The zero-order valence-electron chi connectivity index (χ0n) is 13.5. The molecule has 0 bridgehead atoms. The first-order valence-electron chi connectivity index (χ1n) is 7.95. The third-order valence-electron chi connectivity index (χ3n) is 4.16. The highest BCUT2D eigenvalue weighted by Crippen LogP contribution is 2.35. The fraction of sp³-hybridized carbons (Fsp3) is 0.250. The van der Waals surface area contributed by atoms with Gasteiger partial charge in [0.15, 0.2) is 5.78 Å². The van der Waals surface area contributed by atoms with E-state index in [4.69, 9.17) is 0 Å². The highest BCUT2D eigenvalue weighted by atomic mass is 16.3. The molecule has 1 aliphatic rings. The van der Waals surface area contributed by atoms with Crippen LogP contribution < -0.4 is 4.90 Å². The molecule has 0 amide bonds. The number of aliphatic hydroxyl groups excluding tert-OH is 1. The van der Waals surface area contributed by atoms with E-state index < -0.39 is 0 Å². The number of rotatable bonds is 3. The number of hydrogen-bond acceptors (Lipinski definition) is 3. The predicted octanol–water partition coefficient (Wildman–Crippen LogP) is 4.96. The van der Waals surface area contributed by atoms with Crippen LogP contribution in [0.15, 0.2) is 60.0 Å².